The zero-order chi connectivity index (χ0) is 14.7. The van der Waals surface area contributed by atoms with E-state index in [2.05, 4.69) is 15.3 Å². The van der Waals surface area contributed by atoms with E-state index in [1.807, 2.05) is 39.7 Å². The van der Waals surface area contributed by atoms with Gasteiger partial charge >= 0.3 is 0 Å². The Balaban J connectivity index is 1.57. The average Bonchev–Trinajstić information content (AvgIpc) is 2.90. The molecule has 0 radical (unpaired) electrons. The molecule has 1 N–H and O–H groups in total. The molecule has 7 nitrogen and oxygen atoms in total. The molecule has 7 heteroatoms. The van der Waals surface area contributed by atoms with Gasteiger partial charge in [0.05, 0.1) is 12.2 Å². The monoisotopic (exact) mass is 288 g/mol. The lowest BCUT2D eigenvalue weighted by molar-refractivity contribution is -0.132. The van der Waals surface area contributed by atoms with Crippen LogP contribution in [0.15, 0.2) is 24.7 Å². The Hall–Kier alpha value is -1.99. The number of likely N-dealkylation sites (N-methyl/N-ethyl adjacent to an activating group) is 1. The van der Waals surface area contributed by atoms with E-state index in [-0.39, 0.29) is 5.91 Å². The molecule has 0 saturated carbocycles. The van der Waals surface area contributed by atoms with Crippen LogP contribution in [0.3, 0.4) is 0 Å². The molecule has 0 spiro atoms. The standard InChI is InChI=1S/C14H20N6O/c1-18(11-13(21)19-7-4-15-5-8-19)9-12-10-20-6-2-3-16-14(20)17-12/h2-3,6,10,15H,4-5,7-9,11H2,1H3. The first kappa shape index (κ1) is 14.0. The maximum absolute atomic E-state index is 12.2. The molecule has 1 aliphatic rings. The minimum atomic E-state index is 0.181. The summed E-state index contributed by atoms with van der Waals surface area (Å²) in [5.41, 5.74) is 0.921. The fourth-order valence-electron chi connectivity index (χ4n) is 2.53. The van der Waals surface area contributed by atoms with Crippen LogP contribution in [0.5, 0.6) is 0 Å². The van der Waals surface area contributed by atoms with Crippen LogP contribution in [0, 0.1) is 0 Å². The van der Waals surface area contributed by atoms with Gasteiger partial charge in [-0.25, -0.2) is 9.97 Å². The van der Waals surface area contributed by atoms with Gasteiger partial charge < -0.3 is 10.2 Å². The van der Waals surface area contributed by atoms with Crippen molar-refractivity contribution >= 4 is 11.7 Å². The summed E-state index contributed by atoms with van der Waals surface area (Å²) in [6.45, 7) is 4.42. The van der Waals surface area contributed by atoms with Crippen molar-refractivity contribution < 1.29 is 4.79 Å². The van der Waals surface area contributed by atoms with Crippen LogP contribution in [0.2, 0.25) is 0 Å². The summed E-state index contributed by atoms with van der Waals surface area (Å²) in [6.07, 6.45) is 5.60. The highest BCUT2D eigenvalue weighted by Crippen LogP contribution is 2.05. The maximum atomic E-state index is 12.2. The molecule has 21 heavy (non-hydrogen) atoms. The largest absolute Gasteiger partial charge is 0.339 e. The number of imidazole rings is 1. The van der Waals surface area contributed by atoms with E-state index in [1.54, 1.807) is 6.20 Å². The van der Waals surface area contributed by atoms with Gasteiger partial charge in [-0.05, 0) is 13.1 Å². The van der Waals surface area contributed by atoms with Crippen LogP contribution < -0.4 is 5.32 Å². The van der Waals surface area contributed by atoms with Crippen molar-refractivity contribution in [3.05, 3.63) is 30.4 Å². The molecule has 2 aromatic heterocycles. The second-order valence-corrected chi connectivity index (χ2v) is 5.36. The number of fused-ring (bicyclic) bond motifs is 1. The molecular weight excluding hydrogens is 268 g/mol. The van der Waals surface area contributed by atoms with Crippen LogP contribution in [-0.4, -0.2) is 69.8 Å². The van der Waals surface area contributed by atoms with Gasteiger partial charge in [-0.1, -0.05) is 0 Å². The lowest BCUT2D eigenvalue weighted by Crippen LogP contribution is -2.49. The number of carbonyl (C=O) groups excluding carboxylic acids is 1. The highest BCUT2D eigenvalue weighted by molar-refractivity contribution is 5.78. The normalized spacial score (nSPS) is 15.8. The molecule has 0 aromatic carbocycles. The van der Waals surface area contributed by atoms with Gasteiger partial charge in [0, 0.05) is 51.3 Å². The summed E-state index contributed by atoms with van der Waals surface area (Å²) in [5.74, 6) is 0.871. The summed E-state index contributed by atoms with van der Waals surface area (Å²) in [7, 11) is 1.94. The number of piperazine rings is 1. The molecule has 0 bridgehead atoms. The van der Waals surface area contributed by atoms with E-state index < -0.39 is 0 Å². The van der Waals surface area contributed by atoms with Crippen LogP contribution in [0.1, 0.15) is 5.69 Å². The Kier molecular flexibility index (Phi) is 4.12. The number of nitrogens with zero attached hydrogens (tertiary/aromatic N) is 5. The number of amides is 1. The lowest BCUT2D eigenvalue weighted by Gasteiger charge is -2.29. The zero-order valence-corrected chi connectivity index (χ0v) is 12.2. The Morgan fingerprint density at radius 2 is 2.24 bits per heavy atom. The fourth-order valence-corrected chi connectivity index (χ4v) is 2.53. The Bertz CT molecular complexity index is 586. The van der Waals surface area contributed by atoms with E-state index in [0.29, 0.717) is 18.9 Å². The van der Waals surface area contributed by atoms with Gasteiger partial charge in [-0.3, -0.25) is 14.1 Å². The van der Waals surface area contributed by atoms with Gasteiger partial charge in [0.15, 0.2) is 0 Å². The van der Waals surface area contributed by atoms with Crippen molar-refractivity contribution in [1.29, 1.82) is 0 Å². The van der Waals surface area contributed by atoms with Gasteiger partial charge in [-0.15, -0.1) is 0 Å². The second kappa shape index (κ2) is 6.19. The molecule has 3 heterocycles. The minimum absolute atomic E-state index is 0.181. The Labute approximate surface area is 123 Å². The predicted molar refractivity (Wildman–Crippen MR) is 78.8 cm³/mol. The van der Waals surface area contributed by atoms with Crippen molar-refractivity contribution in [2.45, 2.75) is 6.54 Å². The highest BCUT2D eigenvalue weighted by Gasteiger charge is 2.18. The number of rotatable bonds is 4. The number of hydrogen-bond donors (Lipinski definition) is 1. The van der Waals surface area contributed by atoms with E-state index in [4.69, 9.17) is 0 Å². The molecule has 0 unspecified atom stereocenters. The third-order valence-corrected chi connectivity index (χ3v) is 3.59. The number of hydrogen-bond acceptors (Lipinski definition) is 5. The topological polar surface area (TPSA) is 65.8 Å². The van der Waals surface area contributed by atoms with E-state index >= 15 is 0 Å². The number of aromatic nitrogens is 3. The van der Waals surface area contributed by atoms with Crippen molar-refractivity contribution in [3.8, 4) is 0 Å². The molecule has 1 saturated heterocycles. The first-order chi connectivity index (χ1) is 10.2. The molecule has 1 amide bonds. The molecule has 1 aliphatic heterocycles. The van der Waals surface area contributed by atoms with Crippen LogP contribution in [-0.2, 0) is 11.3 Å². The average molecular weight is 288 g/mol. The van der Waals surface area contributed by atoms with Crippen LogP contribution in [0.25, 0.3) is 5.78 Å². The smallest absolute Gasteiger partial charge is 0.236 e. The number of carbonyl (C=O) groups is 1. The summed E-state index contributed by atoms with van der Waals surface area (Å²) >= 11 is 0. The molecule has 0 aliphatic carbocycles. The zero-order valence-electron chi connectivity index (χ0n) is 12.2. The summed E-state index contributed by atoms with van der Waals surface area (Å²) < 4.78 is 1.89. The SMILES string of the molecule is CN(CC(=O)N1CCNCC1)Cc1cn2cccnc2n1. The minimum Gasteiger partial charge on any atom is -0.339 e. The highest BCUT2D eigenvalue weighted by atomic mass is 16.2. The van der Waals surface area contributed by atoms with Crippen molar-refractivity contribution in [2.24, 2.45) is 0 Å². The third kappa shape index (κ3) is 3.37. The first-order valence-corrected chi connectivity index (χ1v) is 7.18. The Morgan fingerprint density at radius 3 is 3.00 bits per heavy atom. The molecule has 112 valence electrons. The van der Waals surface area contributed by atoms with E-state index in [9.17, 15) is 4.79 Å². The first-order valence-electron chi connectivity index (χ1n) is 7.18. The van der Waals surface area contributed by atoms with Crippen molar-refractivity contribution in [3.63, 3.8) is 0 Å². The Morgan fingerprint density at radius 1 is 1.43 bits per heavy atom. The van der Waals surface area contributed by atoms with Crippen LogP contribution in [0.4, 0.5) is 0 Å². The summed E-state index contributed by atoms with van der Waals surface area (Å²) in [5, 5.41) is 3.25. The molecular formula is C14H20N6O. The third-order valence-electron chi connectivity index (χ3n) is 3.59. The second-order valence-electron chi connectivity index (χ2n) is 5.36. The molecule has 3 rings (SSSR count). The quantitative estimate of drug-likeness (QED) is 0.829. The van der Waals surface area contributed by atoms with Gasteiger partial charge in [-0.2, -0.15) is 0 Å². The summed E-state index contributed by atoms with van der Waals surface area (Å²) in [6, 6.07) is 1.87. The lowest BCUT2D eigenvalue weighted by atomic mass is 10.3. The van der Waals surface area contributed by atoms with Gasteiger partial charge in [0.2, 0.25) is 11.7 Å². The van der Waals surface area contributed by atoms with Crippen LogP contribution >= 0.6 is 0 Å². The summed E-state index contributed by atoms with van der Waals surface area (Å²) in [4.78, 5) is 24.7. The van der Waals surface area contributed by atoms with Gasteiger partial charge in [0.1, 0.15) is 0 Å². The predicted octanol–water partition coefficient (Wildman–Crippen LogP) is -0.407. The van der Waals surface area contributed by atoms with Crippen molar-refractivity contribution in [1.82, 2.24) is 29.5 Å². The fraction of sp³-hybridized carbons (Fsp3) is 0.500. The van der Waals surface area contributed by atoms with Crippen molar-refractivity contribution in [2.75, 3.05) is 39.8 Å². The van der Waals surface area contributed by atoms with Gasteiger partial charge in [0.25, 0.3) is 0 Å². The number of nitrogens with one attached hydrogen (secondary N) is 1. The van der Waals surface area contributed by atoms with E-state index in [1.165, 1.54) is 0 Å². The molecule has 0 atom stereocenters. The molecule has 2 aromatic rings. The maximum Gasteiger partial charge on any atom is 0.236 e. The molecule has 1 fully saturated rings. The van der Waals surface area contributed by atoms with E-state index in [0.717, 1.165) is 31.9 Å².